The minimum Gasteiger partial charge on any atom is -0.329 e. The lowest BCUT2D eigenvalue weighted by Gasteiger charge is -2.49. The summed E-state index contributed by atoms with van der Waals surface area (Å²) in [7, 11) is 6.53. The van der Waals surface area contributed by atoms with E-state index in [0.29, 0.717) is 5.41 Å². The summed E-state index contributed by atoms with van der Waals surface area (Å²) in [6, 6.07) is 0. The van der Waals surface area contributed by atoms with Crippen molar-refractivity contribution in [1.82, 2.24) is 9.80 Å². The van der Waals surface area contributed by atoms with Gasteiger partial charge in [0.1, 0.15) is 0 Å². The Bertz CT molecular complexity index is 255. The molecule has 108 valence electrons. The van der Waals surface area contributed by atoms with E-state index in [-0.39, 0.29) is 5.54 Å². The predicted octanol–water partition coefficient (Wildman–Crippen LogP) is 1.73. The van der Waals surface area contributed by atoms with Crippen LogP contribution in [0.15, 0.2) is 0 Å². The predicted molar refractivity (Wildman–Crippen MR) is 83.3 cm³/mol. The second-order valence-electron chi connectivity index (χ2n) is 6.84. The first-order valence-electron chi connectivity index (χ1n) is 6.95. The zero-order valence-electron chi connectivity index (χ0n) is 12.8. The molecule has 1 aliphatic rings. The summed E-state index contributed by atoms with van der Waals surface area (Å²) in [5, 5.41) is 0. The van der Waals surface area contributed by atoms with Crippen molar-refractivity contribution in [3.63, 3.8) is 0 Å². The van der Waals surface area contributed by atoms with Gasteiger partial charge in [-0.05, 0) is 58.2 Å². The first kappa shape index (κ1) is 16.3. The summed E-state index contributed by atoms with van der Waals surface area (Å²) >= 11 is 2.07. The van der Waals surface area contributed by atoms with E-state index in [2.05, 4.69) is 56.6 Å². The number of likely N-dealkylation sites (N-methyl/N-ethyl adjacent to an activating group) is 1. The van der Waals surface area contributed by atoms with E-state index in [0.717, 1.165) is 19.6 Å². The third-order valence-corrected chi connectivity index (χ3v) is 5.69. The highest BCUT2D eigenvalue weighted by Gasteiger charge is 2.42. The molecule has 1 saturated heterocycles. The van der Waals surface area contributed by atoms with E-state index in [1.54, 1.807) is 0 Å². The van der Waals surface area contributed by atoms with E-state index in [1.165, 1.54) is 24.3 Å². The van der Waals surface area contributed by atoms with Gasteiger partial charge in [0.15, 0.2) is 0 Å². The Labute approximate surface area is 117 Å². The van der Waals surface area contributed by atoms with E-state index in [9.17, 15) is 0 Å². The summed E-state index contributed by atoms with van der Waals surface area (Å²) < 4.78 is 0. The maximum Gasteiger partial charge on any atom is 0.0424 e. The normalized spacial score (nSPS) is 28.0. The first-order chi connectivity index (χ1) is 8.31. The van der Waals surface area contributed by atoms with E-state index >= 15 is 0 Å². The van der Waals surface area contributed by atoms with Crippen molar-refractivity contribution >= 4 is 11.8 Å². The van der Waals surface area contributed by atoms with Crippen molar-refractivity contribution < 1.29 is 0 Å². The Kier molecular flexibility index (Phi) is 5.97. The van der Waals surface area contributed by atoms with Gasteiger partial charge in [0.25, 0.3) is 0 Å². The fraction of sp³-hybridized carbons (Fsp3) is 1.00. The Balaban J connectivity index is 2.57. The summed E-state index contributed by atoms with van der Waals surface area (Å²) in [4.78, 5) is 4.77. The summed E-state index contributed by atoms with van der Waals surface area (Å²) in [6.07, 6.45) is 2.44. The number of nitrogens with two attached hydrogens (primary N) is 1. The van der Waals surface area contributed by atoms with Crippen LogP contribution in [0.5, 0.6) is 0 Å². The van der Waals surface area contributed by atoms with Crippen molar-refractivity contribution in [1.29, 1.82) is 0 Å². The lowest BCUT2D eigenvalue weighted by molar-refractivity contribution is 0.0904. The molecule has 4 heteroatoms. The van der Waals surface area contributed by atoms with Crippen molar-refractivity contribution in [3.8, 4) is 0 Å². The van der Waals surface area contributed by atoms with Gasteiger partial charge in [-0.3, -0.25) is 4.90 Å². The minimum atomic E-state index is 0.207. The van der Waals surface area contributed by atoms with E-state index in [4.69, 9.17) is 5.73 Å². The largest absolute Gasteiger partial charge is 0.329 e. The smallest absolute Gasteiger partial charge is 0.0424 e. The molecule has 0 radical (unpaired) electrons. The Hall–Kier alpha value is 0.230. The molecule has 2 N–H and O–H groups in total. The van der Waals surface area contributed by atoms with Crippen molar-refractivity contribution in [3.05, 3.63) is 0 Å². The van der Waals surface area contributed by atoms with Crippen LogP contribution >= 0.6 is 11.8 Å². The van der Waals surface area contributed by atoms with Crippen LogP contribution in [0.3, 0.4) is 0 Å². The van der Waals surface area contributed by atoms with Crippen molar-refractivity contribution in [2.75, 3.05) is 52.3 Å². The molecule has 1 rings (SSSR count). The molecule has 0 spiro atoms. The number of hydrogen-bond acceptors (Lipinski definition) is 4. The van der Waals surface area contributed by atoms with Crippen LogP contribution < -0.4 is 5.73 Å². The standard InChI is InChI=1S/C14H31N3S/c1-13(2)9-14(10-15,12-18-11-13)17(5)8-6-7-16(3)4/h6-12,15H2,1-5H3. The Morgan fingerprint density at radius 3 is 2.28 bits per heavy atom. The molecule has 3 nitrogen and oxygen atoms in total. The van der Waals surface area contributed by atoms with E-state index in [1.807, 2.05) is 0 Å². The fourth-order valence-corrected chi connectivity index (χ4v) is 4.48. The van der Waals surface area contributed by atoms with Crippen LogP contribution in [0.2, 0.25) is 0 Å². The van der Waals surface area contributed by atoms with Crippen LogP contribution in [0.1, 0.15) is 26.7 Å². The molecule has 1 heterocycles. The average Bonchev–Trinajstić information content (AvgIpc) is 2.26. The highest BCUT2D eigenvalue weighted by atomic mass is 32.2. The van der Waals surface area contributed by atoms with Gasteiger partial charge in [0, 0.05) is 17.8 Å². The first-order valence-corrected chi connectivity index (χ1v) is 8.11. The highest BCUT2D eigenvalue weighted by Crippen LogP contribution is 2.41. The van der Waals surface area contributed by atoms with E-state index < -0.39 is 0 Å². The van der Waals surface area contributed by atoms with Gasteiger partial charge >= 0.3 is 0 Å². The number of nitrogens with zero attached hydrogens (tertiary/aromatic N) is 2. The summed E-state index contributed by atoms with van der Waals surface area (Å²) in [5.41, 5.74) is 6.75. The second kappa shape index (κ2) is 6.60. The third-order valence-electron chi connectivity index (χ3n) is 3.96. The number of rotatable bonds is 6. The highest BCUT2D eigenvalue weighted by molar-refractivity contribution is 7.99. The topological polar surface area (TPSA) is 32.5 Å². The molecule has 0 aliphatic carbocycles. The monoisotopic (exact) mass is 273 g/mol. The quantitative estimate of drug-likeness (QED) is 0.799. The van der Waals surface area contributed by atoms with Gasteiger partial charge < -0.3 is 10.6 Å². The number of thioether (sulfide) groups is 1. The fourth-order valence-electron chi connectivity index (χ4n) is 2.90. The molecule has 0 amide bonds. The van der Waals surface area contributed by atoms with Gasteiger partial charge in [-0.15, -0.1) is 0 Å². The molecule has 0 bridgehead atoms. The van der Waals surface area contributed by atoms with Crippen LogP contribution in [0.25, 0.3) is 0 Å². The molecule has 0 aromatic rings. The Morgan fingerprint density at radius 2 is 1.78 bits per heavy atom. The molecule has 1 aliphatic heterocycles. The Morgan fingerprint density at radius 1 is 1.11 bits per heavy atom. The lowest BCUT2D eigenvalue weighted by Crippen LogP contribution is -2.58. The molecule has 1 unspecified atom stereocenters. The lowest BCUT2D eigenvalue weighted by atomic mass is 9.79. The van der Waals surface area contributed by atoms with Gasteiger partial charge in [0.2, 0.25) is 0 Å². The number of hydrogen-bond donors (Lipinski definition) is 1. The van der Waals surface area contributed by atoms with Gasteiger partial charge in [-0.1, -0.05) is 13.8 Å². The zero-order valence-corrected chi connectivity index (χ0v) is 13.6. The minimum absolute atomic E-state index is 0.207. The average molecular weight is 273 g/mol. The van der Waals surface area contributed by atoms with Crippen LogP contribution in [0, 0.1) is 5.41 Å². The molecule has 18 heavy (non-hydrogen) atoms. The van der Waals surface area contributed by atoms with Crippen LogP contribution in [-0.4, -0.2) is 67.6 Å². The third kappa shape index (κ3) is 4.41. The maximum atomic E-state index is 6.13. The summed E-state index contributed by atoms with van der Waals surface area (Å²) in [5.74, 6) is 2.45. The molecule has 0 aromatic heterocycles. The van der Waals surface area contributed by atoms with Crippen molar-refractivity contribution in [2.45, 2.75) is 32.2 Å². The van der Waals surface area contributed by atoms with Crippen molar-refractivity contribution in [2.24, 2.45) is 11.1 Å². The van der Waals surface area contributed by atoms with Crippen LogP contribution in [-0.2, 0) is 0 Å². The second-order valence-corrected chi connectivity index (χ2v) is 7.83. The van der Waals surface area contributed by atoms with Gasteiger partial charge in [-0.2, -0.15) is 11.8 Å². The summed E-state index contributed by atoms with van der Waals surface area (Å²) in [6.45, 7) is 7.82. The zero-order chi connectivity index (χ0) is 13.8. The van der Waals surface area contributed by atoms with Gasteiger partial charge in [-0.25, -0.2) is 0 Å². The molecular formula is C14H31N3S. The molecule has 0 saturated carbocycles. The van der Waals surface area contributed by atoms with Crippen LogP contribution in [0.4, 0.5) is 0 Å². The van der Waals surface area contributed by atoms with Gasteiger partial charge in [0.05, 0.1) is 0 Å². The SMILES string of the molecule is CN(C)CCCN(C)C1(CN)CSCC(C)(C)C1. The molecule has 1 fully saturated rings. The molecule has 1 atom stereocenters. The molecule has 0 aromatic carbocycles. The molecular weight excluding hydrogens is 242 g/mol. The maximum absolute atomic E-state index is 6.13.